The Labute approximate surface area is 111 Å². The topological polar surface area (TPSA) is 40.5 Å². The molecular formula is C13H18BrNO2. The van der Waals surface area contributed by atoms with Crippen LogP contribution in [0.25, 0.3) is 0 Å². The van der Waals surface area contributed by atoms with Gasteiger partial charge in [-0.15, -0.1) is 0 Å². The fourth-order valence-corrected chi connectivity index (χ4v) is 2.07. The molecule has 0 fully saturated rings. The van der Waals surface area contributed by atoms with Crippen molar-refractivity contribution in [3.05, 3.63) is 34.3 Å². The Morgan fingerprint density at radius 3 is 2.65 bits per heavy atom. The van der Waals surface area contributed by atoms with E-state index in [4.69, 9.17) is 0 Å². The van der Waals surface area contributed by atoms with Crippen molar-refractivity contribution in [2.45, 2.75) is 25.9 Å². The molecule has 0 aliphatic rings. The quantitative estimate of drug-likeness (QED) is 0.926. The molecule has 0 aliphatic heterocycles. The third-order valence-corrected chi connectivity index (χ3v) is 2.79. The second kappa shape index (κ2) is 5.65. The molecule has 0 bridgehead atoms. The van der Waals surface area contributed by atoms with Crippen LogP contribution in [0.1, 0.15) is 19.4 Å². The highest BCUT2D eigenvalue weighted by molar-refractivity contribution is 9.10. The van der Waals surface area contributed by atoms with Crippen molar-refractivity contribution in [2.24, 2.45) is 0 Å². The number of carbonyl (C=O) groups is 1. The zero-order valence-electron chi connectivity index (χ0n) is 10.4. The zero-order chi connectivity index (χ0) is 13.1. The van der Waals surface area contributed by atoms with E-state index in [1.807, 2.05) is 24.3 Å². The molecule has 0 radical (unpaired) electrons. The molecule has 0 heterocycles. The van der Waals surface area contributed by atoms with Crippen molar-refractivity contribution in [3.63, 3.8) is 0 Å². The molecule has 0 saturated carbocycles. The van der Waals surface area contributed by atoms with E-state index in [9.17, 15) is 9.90 Å². The van der Waals surface area contributed by atoms with Gasteiger partial charge in [0.1, 0.15) is 0 Å². The van der Waals surface area contributed by atoms with Crippen LogP contribution in [0.5, 0.6) is 0 Å². The van der Waals surface area contributed by atoms with Gasteiger partial charge in [0.2, 0.25) is 5.91 Å². The lowest BCUT2D eigenvalue weighted by molar-refractivity contribution is -0.131. The van der Waals surface area contributed by atoms with E-state index in [1.165, 1.54) is 0 Å². The van der Waals surface area contributed by atoms with Crippen molar-refractivity contribution in [2.75, 3.05) is 13.6 Å². The Bertz CT molecular complexity index is 399. The zero-order valence-corrected chi connectivity index (χ0v) is 12.0. The minimum absolute atomic E-state index is 0.00484. The first-order valence-corrected chi connectivity index (χ1v) is 6.28. The Balaban J connectivity index is 2.60. The number of nitrogens with zero attached hydrogens (tertiary/aromatic N) is 1. The number of carbonyl (C=O) groups excluding carboxylic acids is 1. The second-order valence-corrected chi connectivity index (χ2v) is 5.78. The van der Waals surface area contributed by atoms with Gasteiger partial charge in [-0.05, 0) is 31.5 Å². The van der Waals surface area contributed by atoms with Crippen molar-refractivity contribution >= 4 is 21.8 Å². The molecule has 0 unspecified atom stereocenters. The molecule has 17 heavy (non-hydrogen) atoms. The van der Waals surface area contributed by atoms with Crippen LogP contribution in [0.3, 0.4) is 0 Å². The van der Waals surface area contributed by atoms with Gasteiger partial charge in [0.05, 0.1) is 12.0 Å². The summed E-state index contributed by atoms with van der Waals surface area (Å²) in [4.78, 5) is 13.5. The molecule has 3 nitrogen and oxygen atoms in total. The summed E-state index contributed by atoms with van der Waals surface area (Å²) in [5.74, 6) is 0.00484. The lowest BCUT2D eigenvalue weighted by Gasteiger charge is -2.25. The van der Waals surface area contributed by atoms with E-state index < -0.39 is 5.60 Å². The molecule has 0 atom stereocenters. The molecule has 1 amide bonds. The standard InChI is InChI=1S/C13H18BrNO2/c1-13(2,17)9-15(3)12(16)8-10-5-4-6-11(14)7-10/h4-7,17H,8-9H2,1-3H3. The Hall–Kier alpha value is -0.870. The third kappa shape index (κ3) is 5.33. The van der Waals surface area contributed by atoms with Crippen molar-refractivity contribution in [1.82, 2.24) is 4.90 Å². The van der Waals surface area contributed by atoms with E-state index >= 15 is 0 Å². The highest BCUT2D eigenvalue weighted by Crippen LogP contribution is 2.13. The maximum atomic E-state index is 11.9. The van der Waals surface area contributed by atoms with Gasteiger partial charge in [-0.25, -0.2) is 0 Å². The highest BCUT2D eigenvalue weighted by Gasteiger charge is 2.19. The first-order chi connectivity index (χ1) is 7.78. The molecule has 4 heteroatoms. The van der Waals surface area contributed by atoms with Gasteiger partial charge in [-0.3, -0.25) is 4.79 Å². The van der Waals surface area contributed by atoms with Crippen LogP contribution in [-0.2, 0) is 11.2 Å². The largest absolute Gasteiger partial charge is 0.389 e. The maximum absolute atomic E-state index is 11.9. The van der Waals surface area contributed by atoms with Crippen LogP contribution in [0.2, 0.25) is 0 Å². The molecule has 1 rings (SSSR count). The molecule has 0 aromatic heterocycles. The fourth-order valence-electron chi connectivity index (χ4n) is 1.63. The van der Waals surface area contributed by atoms with Crippen LogP contribution in [0.4, 0.5) is 0 Å². The van der Waals surface area contributed by atoms with Gasteiger partial charge in [-0.1, -0.05) is 28.1 Å². The minimum Gasteiger partial charge on any atom is -0.389 e. The lowest BCUT2D eigenvalue weighted by atomic mass is 10.1. The molecule has 1 aromatic rings. The van der Waals surface area contributed by atoms with Crippen LogP contribution >= 0.6 is 15.9 Å². The van der Waals surface area contributed by atoms with Crippen LogP contribution in [0, 0.1) is 0 Å². The normalized spacial score (nSPS) is 11.4. The first kappa shape index (κ1) is 14.2. The fraction of sp³-hybridized carbons (Fsp3) is 0.462. The average molecular weight is 300 g/mol. The van der Waals surface area contributed by atoms with Gasteiger partial charge in [0.25, 0.3) is 0 Å². The smallest absolute Gasteiger partial charge is 0.226 e. The average Bonchev–Trinajstić information content (AvgIpc) is 2.14. The molecule has 94 valence electrons. The summed E-state index contributed by atoms with van der Waals surface area (Å²) in [5.41, 5.74) is 0.105. The molecular weight excluding hydrogens is 282 g/mol. The van der Waals surface area contributed by atoms with Gasteiger partial charge in [-0.2, -0.15) is 0 Å². The monoisotopic (exact) mass is 299 g/mol. The second-order valence-electron chi connectivity index (χ2n) is 4.87. The Morgan fingerprint density at radius 2 is 2.12 bits per heavy atom. The van der Waals surface area contributed by atoms with E-state index in [-0.39, 0.29) is 5.91 Å². The third-order valence-electron chi connectivity index (χ3n) is 2.29. The number of rotatable bonds is 4. The number of likely N-dealkylation sites (N-methyl/N-ethyl adjacent to an activating group) is 1. The molecule has 1 N–H and O–H groups in total. The van der Waals surface area contributed by atoms with Gasteiger partial charge in [0, 0.05) is 18.1 Å². The van der Waals surface area contributed by atoms with Gasteiger partial charge < -0.3 is 10.0 Å². The molecule has 1 aromatic carbocycles. The van der Waals surface area contributed by atoms with Gasteiger partial charge in [0.15, 0.2) is 0 Å². The molecule has 0 spiro atoms. The molecule has 0 saturated heterocycles. The van der Waals surface area contributed by atoms with E-state index in [2.05, 4.69) is 15.9 Å². The predicted molar refractivity (Wildman–Crippen MR) is 71.8 cm³/mol. The van der Waals surface area contributed by atoms with Crippen LogP contribution < -0.4 is 0 Å². The van der Waals surface area contributed by atoms with E-state index in [0.29, 0.717) is 13.0 Å². The Kier molecular flexibility index (Phi) is 4.71. The number of aliphatic hydroxyl groups is 1. The summed E-state index contributed by atoms with van der Waals surface area (Å²) in [7, 11) is 1.71. The van der Waals surface area contributed by atoms with Crippen LogP contribution in [0.15, 0.2) is 28.7 Å². The number of hydrogen-bond acceptors (Lipinski definition) is 2. The first-order valence-electron chi connectivity index (χ1n) is 5.49. The number of halogens is 1. The summed E-state index contributed by atoms with van der Waals surface area (Å²) in [6.07, 6.45) is 0.353. The SMILES string of the molecule is CN(CC(C)(C)O)C(=O)Cc1cccc(Br)c1. The molecule has 0 aliphatic carbocycles. The van der Waals surface area contributed by atoms with Crippen molar-refractivity contribution in [3.8, 4) is 0 Å². The summed E-state index contributed by atoms with van der Waals surface area (Å²) in [6.45, 7) is 3.71. The Morgan fingerprint density at radius 1 is 1.47 bits per heavy atom. The van der Waals surface area contributed by atoms with Crippen molar-refractivity contribution < 1.29 is 9.90 Å². The number of benzene rings is 1. The predicted octanol–water partition coefficient (Wildman–Crippen LogP) is 2.22. The summed E-state index contributed by atoms with van der Waals surface area (Å²) in [6, 6.07) is 7.67. The number of hydrogen-bond donors (Lipinski definition) is 1. The minimum atomic E-state index is -0.859. The van der Waals surface area contributed by atoms with Crippen LogP contribution in [-0.4, -0.2) is 35.1 Å². The lowest BCUT2D eigenvalue weighted by Crippen LogP contribution is -2.40. The van der Waals surface area contributed by atoms with E-state index in [0.717, 1.165) is 10.0 Å². The summed E-state index contributed by atoms with van der Waals surface area (Å²) in [5, 5.41) is 9.65. The maximum Gasteiger partial charge on any atom is 0.226 e. The highest BCUT2D eigenvalue weighted by atomic mass is 79.9. The summed E-state index contributed by atoms with van der Waals surface area (Å²) < 4.78 is 0.966. The number of amides is 1. The van der Waals surface area contributed by atoms with E-state index in [1.54, 1.807) is 25.8 Å². The van der Waals surface area contributed by atoms with Crippen molar-refractivity contribution in [1.29, 1.82) is 0 Å². The van der Waals surface area contributed by atoms with Gasteiger partial charge >= 0.3 is 0 Å². The summed E-state index contributed by atoms with van der Waals surface area (Å²) >= 11 is 3.37.